The van der Waals surface area contributed by atoms with Crippen LogP contribution in [-0.2, 0) is 17.8 Å². The van der Waals surface area contributed by atoms with Crippen LogP contribution in [0.1, 0.15) is 22.3 Å². The number of para-hydroxylation sites is 1. The maximum Gasteiger partial charge on any atom is 0.266 e. The minimum absolute atomic E-state index is 0.0234. The molecule has 0 radical (unpaired) electrons. The van der Waals surface area contributed by atoms with E-state index in [4.69, 9.17) is 21.1 Å². The molecule has 34 heavy (non-hydrogen) atoms. The van der Waals surface area contributed by atoms with E-state index >= 15 is 0 Å². The normalized spacial score (nSPS) is 10.8. The maximum atomic E-state index is 12.7. The number of hydrogen-bond donors (Lipinski definition) is 1. The average Bonchev–Trinajstić information content (AvgIpc) is 2.84. The molecular weight excluding hydrogens is 448 g/mol. The first-order chi connectivity index (χ1) is 16.4. The summed E-state index contributed by atoms with van der Waals surface area (Å²) >= 11 is 5.96. The number of rotatable bonds is 9. The van der Waals surface area contributed by atoms with E-state index in [1.165, 1.54) is 6.08 Å². The monoisotopic (exact) mass is 472 g/mol. The Labute approximate surface area is 204 Å². The fourth-order valence-corrected chi connectivity index (χ4v) is 3.47. The van der Waals surface area contributed by atoms with Crippen LogP contribution in [0, 0.1) is 18.3 Å². The third-order valence-electron chi connectivity index (χ3n) is 5.10. The molecule has 0 fully saturated rings. The summed E-state index contributed by atoms with van der Waals surface area (Å²) in [6.45, 7) is 6.05. The Hall–Kier alpha value is -4.01. The number of benzene rings is 3. The standard InChI is InChI=1S/C28H25ClN2O3/c1-4-7-22-14-21(15-23(17-30)28(32)31-25-9-6-5-8-19(25)2)16-26(33-3)27(22)34-18-20-10-12-24(29)13-11-20/h4-6,8-16H,1,7,18H2,2-3H3,(H,31,32)/b23-15-. The van der Waals surface area contributed by atoms with Gasteiger partial charge in [-0.25, -0.2) is 0 Å². The highest BCUT2D eigenvalue weighted by Gasteiger charge is 2.15. The number of amides is 1. The molecule has 1 amide bonds. The highest BCUT2D eigenvalue weighted by molar-refractivity contribution is 6.30. The first kappa shape index (κ1) is 24.6. The molecule has 172 valence electrons. The van der Waals surface area contributed by atoms with Crippen molar-refractivity contribution in [2.24, 2.45) is 0 Å². The van der Waals surface area contributed by atoms with Gasteiger partial charge in [0.2, 0.25) is 0 Å². The quantitative estimate of drug-likeness (QED) is 0.219. The molecule has 0 aliphatic heterocycles. The van der Waals surface area contributed by atoms with Crippen molar-refractivity contribution in [1.82, 2.24) is 0 Å². The lowest BCUT2D eigenvalue weighted by atomic mass is 10.0. The van der Waals surface area contributed by atoms with Crippen LogP contribution >= 0.6 is 11.6 Å². The number of anilines is 1. The Morgan fingerprint density at radius 3 is 2.56 bits per heavy atom. The van der Waals surface area contributed by atoms with Gasteiger partial charge in [0.15, 0.2) is 11.5 Å². The number of nitriles is 1. The van der Waals surface area contributed by atoms with Gasteiger partial charge in [0.1, 0.15) is 18.2 Å². The lowest BCUT2D eigenvalue weighted by Gasteiger charge is -2.16. The van der Waals surface area contributed by atoms with Gasteiger partial charge in [0, 0.05) is 16.3 Å². The molecule has 6 heteroatoms. The van der Waals surface area contributed by atoms with Gasteiger partial charge in [-0.15, -0.1) is 6.58 Å². The minimum Gasteiger partial charge on any atom is -0.493 e. The molecule has 1 N–H and O–H groups in total. The minimum atomic E-state index is -0.482. The summed E-state index contributed by atoms with van der Waals surface area (Å²) in [6.07, 6.45) is 3.81. The molecule has 0 aromatic heterocycles. The number of nitrogens with zero attached hydrogens (tertiary/aromatic N) is 1. The third-order valence-corrected chi connectivity index (χ3v) is 5.36. The fourth-order valence-electron chi connectivity index (χ4n) is 3.34. The lowest BCUT2D eigenvalue weighted by Crippen LogP contribution is -2.14. The average molecular weight is 473 g/mol. The van der Waals surface area contributed by atoms with Crippen LogP contribution in [0.3, 0.4) is 0 Å². The molecule has 0 saturated heterocycles. The molecule has 5 nitrogen and oxygen atoms in total. The molecule has 0 bridgehead atoms. The second-order valence-corrected chi connectivity index (χ2v) is 7.99. The number of hydrogen-bond acceptors (Lipinski definition) is 4. The number of carbonyl (C=O) groups excluding carboxylic acids is 1. The van der Waals surface area contributed by atoms with Crippen LogP contribution in [0.25, 0.3) is 6.08 Å². The predicted octanol–water partition coefficient (Wildman–Crippen LogP) is 6.51. The first-order valence-electron chi connectivity index (χ1n) is 10.6. The predicted molar refractivity (Wildman–Crippen MR) is 136 cm³/mol. The molecule has 0 saturated carbocycles. The molecule has 3 rings (SSSR count). The molecule has 3 aromatic rings. The van der Waals surface area contributed by atoms with Gasteiger partial charge >= 0.3 is 0 Å². The Bertz CT molecular complexity index is 1260. The number of allylic oxidation sites excluding steroid dienone is 1. The van der Waals surface area contributed by atoms with Crippen molar-refractivity contribution in [3.05, 3.63) is 106 Å². The summed E-state index contributed by atoms with van der Waals surface area (Å²) < 4.78 is 11.7. The van der Waals surface area contributed by atoms with E-state index in [1.54, 1.807) is 37.5 Å². The third kappa shape index (κ3) is 6.28. The van der Waals surface area contributed by atoms with Crippen LogP contribution in [0.4, 0.5) is 5.69 Å². The fraction of sp³-hybridized carbons (Fsp3) is 0.143. The van der Waals surface area contributed by atoms with Crippen LogP contribution < -0.4 is 14.8 Å². The van der Waals surface area contributed by atoms with Crippen LogP contribution in [-0.4, -0.2) is 13.0 Å². The highest BCUT2D eigenvalue weighted by atomic mass is 35.5. The van der Waals surface area contributed by atoms with Gasteiger partial charge in [-0.2, -0.15) is 5.26 Å². The van der Waals surface area contributed by atoms with E-state index in [0.29, 0.717) is 40.8 Å². The van der Waals surface area contributed by atoms with E-state index in [0.717, 1.165) is 16.7 Å². The topological polar surface area (TPSA) is 71.4 Å². The zero-order valence-electron chi connectivity index (χ0n) is 19.1. The van der Waals surface area contributed by atoms with Gasteiger partial charge in [-0.1, -0.05) is 48.0 Å². The van der Waals surface area contributed by atoms with Crippen LogP contribution in [0.2, 0.25) is 5.02 Å². The van der Waals surface area contributed by atoms with Crippen molar-refractivity contribution < 1.29 is 14.3 Å². The number of halogens is 1. The summed E-state index contributed by atoms with van der Waals surface area (Å²) in [5.74, 6) is 0.595. The smallest absolute Gasteiger partial charge is 0.266 e. The molecule has 0 unspecified atom stereocenters. The van der Waals surface area contributed by atoms with Crippen molar-refractivity contribution in [3.8, 4) is 17.6 Å². The van der Waals surface area contributed by atoms with Gasteiger partial charge in [0.05, 0.1) is 7.11 Å². The number of ether oxygens (including phenoxy) is 2. The van der Waals surface area contributed by atoms with Crippen molar-refractivity contribution >= 4 is 29.3 Å². The second kappa shape index (κ2) is 11.7. The molecule has 0 atom stereocenters. The van der Waals surface area contributed by atoms with E-state index < -0.39 is 5.91 Å². The Morgan fingerprint density at radius 1 is 1.18 bits per heavy atom. The molecule has 0 aliphatic carbocycles. The molecular formula is C28H25ClN2O3. The lowest BCUT2D eigenvalue weighted by molar-refractivity contribution is -0.112. The van der Waals surface area contributed by atoms with Crippen molar-refractivity contribution in [2.45, 2.75) is 20.0 Å². The first-order valence-corrected chi connectivity index (χ1v) is 11.0. The van der Waals surface area contributed by atoms with E-state index in [-0.39, 0.29) is 5.57 Å². The van der Waals surface area contributed by atoms with Crippen molar-refractivity contribution in [1.29, 1.82) is 5.26 Å². The van der Waals surface area contributed by atoms with Gasteiger partial charge < -0.3 is 14.8 Å². The van der Waals surface area contributed by atoms with Crippen LogP contribution in [0.5, 0.6) is 11.5 Å². The van der Waals surface area contributed by atoms with Crippen LogP contribution in [0.15, 0.2) is 78.9 Å². The van der Waals surface area contributed by atoms with Gasteiger partial charge in [-0.3, -0.25) is 4.79 Å². The SMILES string of the molecule is C=CCc1cc(/C=C(/C#N)C(=O)Nc2ccccc2C)cc(OC)c1OCc1ccc(Cl)cc1. The Kier molecular flexibility index (Phi) is 8.50. The second-order valence-electron chi connectivity index (χ2n) is 7.56. The van der Waals surface area contributed by atoms with Gasteiger partial charge in [0.25, 0.3) is 5.91 Å². The zero-order chi connectivity index (χ0) is 24.5. The Balaban J connectivity index is 1.90. The van der Waals surface area contributed by atoms with Gasteiger partial charge in [-0.05, 0) is 66.4 Å². The molecule has 0 heterocycles. The molecule has 0 aliphatic rings. The summed E-state index contributed by atoms with van der Waals surface area (Å²) in [7, 11) is 1.55. The van der Waals surface area contributed by atoms with Crippen molar-refractivity contribution in [2.75, 3.05) is 12.4 Å². The number of nitrogens with one attached hydrogen (secondary N) is 1. The molecule has 3 aromatic carbocycles. The Morgan fingerprint density at radius 2 is 1.91 bits per heavy atom. The number of carbonyl (C=O) groups is 1. The number of aryl methyl sites for hydroxylation is 1. The van der Waals surface area contributed by atoms with E-state index in [9.17, 15) is 10.1 Å². The summed E-state index contributed by atoms with van der Waals surface area (Å²) in [6, 6.07) is 20.4. The largest absolute Gasteiger partial charge is 0.493 e. The summed E-state index contributed by atoms with van der Waals surface area (Å²) in [5, 5.41) is 13.1. The molecule has 0 spiro atoms. The van der Waals surface area contributed by atoms with E-state index in [2.05, 4.69) is 11.9 Å². The summed E-state index contributed by atoms with van der Waals surface area (Å²) in [4.78, 5) is 12.7. The van der Waals surface area contributed by atoms with Crippen molar-refractivity contribution in [3.63, 3.8) is 0 Å². The summed E-state index contributed by atoms with van der Waals surface area (Å²) in [5.41, 5.74) is 3.97. The van der Waals surface area contributed by atoms with E-state index in [1.807, 2.05) is 49.4 Å². The zero-order valence-corrected chi connectivity index (χ0v) is 19.9. The maximum absolute atomic E-state index is 12.7. The highest BCUT2D eigenvalue weighted by Crippen LogP contribution is 2.35. The number of methoxy groups -OCH3 is 1.